The van der Waals surface area contributed by atoms with Gasteiger partial charge in [-0.05, 0) is 26.2 Å². The molecule has 0 fully saturated rings. The lowest BCUT2D eigenvalue weighted by Crippen LogP contribution is -2.49. The van der Waals surface area contributed by atoms with Crippen LogP contribution in [0.4, 0.5) is 0 Å². The van der Waals surface area contributed by atoms with Crippen molar-refractivity contribution in [1.29, 1.82) is 0 Å². The SMILES string of the molecule is CCCC(CC)NC(=O)C(C)(CC)C(N)=S. The van der Waals surface area contributed by atoms with Crippen molar-refractivity contribution in [2.75, 3.05) is 0 Å². The Kier molecular flexibility index (Phi) is 6.56. The van der Waals surface area contributed by atoms with Gasteiger partial charge in [-0.3, -0.25) is 4.79 Å². The van der Waals surface area contributed by atoms with Gasteiger partial charge in [0.25, 0.3) is 0 Å². The van der Waals surface area contributed by atoms with E-state index in [1.165, 1.54) is 0 Å². The van der Waals surface area contributed by atoms with E-state index in [2.05, 4.69) is 19.2 Å². The van der Waals surface area contributed by atoms with Gasteiger partial charge in [0.05, 0.1) is 10.4 Å². The third-order valence-electron chi connectivity index (χ3n) is 3.22. The molecule has 3 nitrogen and oxygen atoms in total. The number of thiocarbonyl (C=S) groups is 1. The van der Waals surface area contributed by atoms with Gasteiger partial charge in [0.15, 0.2) is 0 Å². The molecule has 0 spiro atoms. The summed E-state index contributed by atoms with van der Waals surface area (Å²) in [5.41, 5.74) is 4.93. The van der Waals surface area contributed by atoms with E-state index in [0.29, 0.717) is 6.42 Å². The molecule has 94 valence electrons. The minimum Gasteiger partial charge on any atom is -0.392 e. The van der Waals surface area contributed by atoms with Gasteiger partial charge >= 0.3 is 0 Å². The van der Waals surface area contributed by atoms with E-state index < -0.39 is 5.41 Å². The van der Waals surface area contributed by atoms with Crippen molar-refractivity contribution in [3.05, 3.63) is 0 Å². The highest BCUT2D eigenvalue weighted by molar-refractivity contribution is 7.80. The van der Waals surface area contributed by atoms with E-state index >= 15 is 0 Å². The zero-order valence-corrected chi connectivity index (χ0v) is 11.6. The minimum atomic E-state index is -0.712. The van der Waals surface area contributed by atoms with Crippen LogP contribution in [-0.2, 0) is 4.79 Å². The van der Waals surface area contributed by atoms with Gasteiger partial charge in [0.1, 0.15) is 0 Å². The van der Waals surface area contributed by atoms with Crippen LogP contribution in [0, 0.1) is 5.41 Å². The van der Waals surface area contributed by atoms with Crippen molar-refractivity contribution in [2.45, 2.75) is 59.4 Å². The van der Waals surface area contributed by atoms with Crippen LogP contribution in [0.3, 0.4) is 0 Å². The molecule has 0 heterocycles. The normalized spacial score (nSPS) is 16.2. The number of nitrogens with two attached hydrogens (primary N) is 1. The van der Waals surface area contributed by atoms with Gasteiger partial charge in [-0.25, -0.2) is 0 Å². The van der Waals surface area contributed by atoms with E-state index in [-0.39, 0.29) is 16.9 Å². The molecule has 0 saturated carbocycles. The fraction of sp³-hybridized carbons (Fsp3) is 0.833. The van der Waals surface area contributed by atoms with Crippen molar-refractivity contribution in [1.82, 2.24) is 5.32 Å². The summed E-state index contributed by atoms with van der Waals surface area (Å²) in [6, 6.07) is 0.234. The highest BCUT2D eigenvalue weighted by atomic mass is 32.1. The molecule has 2 unspecified atom stereocenters. The lowest BCUT2D eigenvalue weighted by Gasteiger charge is -2.28. The first-order valence-electron chi connectivity index (χ1n) is 6.03. The average Bonchev–Trinajstić information content (AvgIpc) is 2.26. The van der Waals surface area contributed by atoms with Crippen molar-refractivity contribution in [2.24, 2.45) is 11.1 Å². The second-order valence-electron chi connectivity index (χ2n) is 4.42. The zero-order chi connectivity index (χ0) is 12.8. The quantitative estimate of drug-likeness (QED) is 0.676. The summed E-state index contributed by atoms with van der Waals surface area (Å²) < 4.78 is 0. The van der Waals surface area contributed by atoms with Crippen LogP contribution in [0.15, 0.2) is 0 Å². The second kappa shape index (κ2) is 6.84. The smallest absolute Gasteiger partial charge is 0.232 e. The Hall–Kier alpha value is -0.640. The number of amides is 1. The van der Waals surface area contributed by atoms with E-state index in [1.807, 2.05) is 13.8 Å². The van der Waals surface area contributed by atoms with Crippen LogP contribution < -0.4 is 11.1 Å². The summed E-state index contributed by atoms with van der Waals surface area (Å²) in [5, 5.41) is 3.03. The molecule has 0 aromatic heterocycles. The molecule has 2 atom stereocenters. The molecule has 0 aromatic carbocycles. The summed E-state index contributed by atoms with van der Waals surface area (Å²) in [6.45, 7) is 7.93. The molecule has 0 aliphatic carbocycles. The molecule has 3 N–H and O–H groups in total. The van der Waals surface area contributed by atoms with Gasteiger partial charge in [-0.2, -0.15) is 0 Å². The standard InChI is InChI=1S/C12H24N2OS/c1-5-8-9(6-2)14-11(15)12(4,7-3)10(13)16/h9H,5-8H2,1-4H3,(H2,13,16)(H,14,15). The number of hydrogen-bond acceptors (Lipinski definition) is 2. The molecule has 0 aromatic rings. The van der Waals surface area contributed by atoms with Crippen LogP contribution in [0.2, 0.25) is 0 Å². The van der Waals surface area contributed by atoms with Gasteiger partial charge in [0, 0.05) is 6.04 Å². The summed E-state index contributed by atoms with van der Waals surface area (Å²) in [7, 11) is 0. The van der Waals surface area contributed by atoms with Crippen molar-refractivity contribution in [3.8, 4) is 0 Å². The summed E-state index contributed by atoms with van der Waals surface area (Å²) >= 11 is 4.98. The average molecular weight is 244 g/mol. The highest BCUT2D eigenvalue weighted by Gasteiger charge is 2.35. The van der Waals surface area contributed by atoms with E-state index in [1.54, 1.807) is 0 Å². The van der Waals surface area contributed by atoms with Gasteiger partial charge in [-0.15, -0.1) is 0 Å². The predicted molar refractivity (Wildman–Crippen MR) is 72.3 cm³/mol. The molecule has 0 radical (unpaired) electrons. The van der Waals surface area contributed by atoms with Crippen LogP contribution in [0.1, 0.15) is 53.4 Å². The molecule has 0 saturated heterocycles. The van der Waals surface area contributed by atoms with Crippen LogP contribution in [0.25, 0.3) is 0 Å². The second-order valence-corrected chi connectivity index (χ2v) is 4.86. The predicted octanol–water partition coefficient (Wildman–Crippen LogP) is 2.38. The van der Waals surface area contributed by atoms with Crippen molar-refractivity contribution in [3.63, 3.8) is 0 Å². The van der Waals surface area contributed by atoms with E-state index in [4.69, 9.17) is 18.0 Å². The first-order valence-corrected chi connectivity index (χ1v) is 6.44. The number of carbonyl (C=O) groups is 1. The monoisotopic (exact) mass is 244 g/mol. The maximum absolute atomic E-state index is 12.1. The molecule has 0 aliphatic rings. The van der Waals surface area contributed by atoms with Gasteiger partial charge < -0.3 is 11.1 Å². The Balaban J connectivity index is 4.59. The van der Waals surface area contributed by atoms with Crippen molar-refractivity contribution < 1.29 is 4.79 Å². The topological polar surface area (TPSA) is 55.1 Å². The molecule has 0 bridgehead atoms. The molecule has 4 heteroatoms. The summed E-state index contributed by atoms with van der Waals surface area (Å²) in [6.07, 6.45) is 3.64. The summed E-state index contributed by atoms with van der Waals surface area (Å²) in [5.74, 6) is -0.0391. The van der Waals surface area contributed by atoms with Gasteiger partial charge in [0.2, 0.25) is 5.91 Å². The fourth-order valence-corrected chi connectivity index (χ4v) is 1.76. The maximum atomic E-state index is 12.1. The number of carbonyl (C=O) groups excluding carboxylic acids is 1. The Labute approximate surface area is 104 Å². The highest BCUT2D eigenvalue weighted by Crippen LogP contribution is 2.22. The summed E-state index contributed by atoms with van der Waals surface area (Å²) in [4.78, 5) is 12.4. The number of rotatable bonds is 7. The molecular formula is C12H24N2OS. The molecule has 16 heavy (non-hydrogen) atoms. The molecule has 0 aliphatic heterocycles. The lowest BCUT2D eigenvalue weighted by molar-refractivity contribution is -0.127. The maximum Gasteiger partial charge on any atom is 0.232 e. The molecular weight excluding hydrogens is 220 g/mol. The van der Waals surface area contributed by atoms with E-state index in [0.717, 1.165) is 19.3 Å². The fourth-order valence-electron chi connectivity index (χ4n) is 1.52. The first-order chi connectivity index (χ1) is 7.42. The van der Waals surface area contributed by atoms with Gasteiger partial charge in [-0.1, -0.05) is 39.4 Å². The number of nitrogens with one attached hydrogen (secondary N) is 1. The Morgan fingerprint density at radius 2 is 2.00 bits per heavy atom. The van der Waals surface area contributed by atoms with E-state index in [9.17, 15) is 4.79 Å². The Morgan fingerprint density at radius 1 is 1.44 bits per heavy atom. The third kappa shape index (κ3) is 3.74. The van der Waals surface area contributed by atoms with Crippen molar-refractivity contribution >= 4 is 23.1 Å². The number of hydrogen-bond donors (Lipinski definition) is 2. The Bertz CT molecular complexity index is 255. The zero-order valence-electron chi connectivity index (χ0n) is 10.8. The third-order valence-corrected chi connectivity index (χ3v) is 3.67. The lowest BCUT2D eigenvalue weighted by atomic mass is 9.86. The van der Waals surface area contributed by atoms with Crippen LogP contribution >= 0.6 is 12.2 Å². The largest absolute Gasteiger partial charge is 0.392 e. The molecule has 0 rings (SSSR count). The minimum absolute atomic E-state index is 0.0391. The van der Waals surface area contributed by atoms with Crippen LogP contribution in [-0.4, -0.2) is 16.9 Å². The van der Waals surface area contributed by atoms with Crippen LogP contribution in [0.5, 0.6) is 0 Å². The Morgan fingerprint density at radius 3 is 2.31 bits per heavy atom. The molecule has 1 amide bonds. The first kappa shape index (κ1) is 15.4.